The average Bonchev–Trinajstić information content (AvgIpc) is 2.70. The smallest absolute Gasteiger partial charge is 0.261 e. The topological polar surface area (TPSA) is 58.6 Å². The summed E-state index contributed by atoms with van der Waals surface area (Å²) in [5.41, 5.74) is 2.68. The van der Waals surface area contributed by atoms with Gasteiger partial charge in [-0.25, -0.2) is 0 Å². The Kier molecular flexibility index (Phi) is 9.20. The van der Waals surface area contributed by atoms with E-state index in [1.54, 1.807) is 25.1 Å². The standard InChI is InChI=1S/C24H30Cl2N2O3/c1-6-17(4)27-24(30)18(5)28(13-20-21(25)8-7-9-22(20)26)23(29)14-31-19-11-15(2)10-16(3)12-19/h7-12,17-18H,6,13-14H2,1-5H3,(H,27,30)/t17-,18+/m0/s1. The van der Waals surface area contributed by atoms with Crippen LogP contribution in [0.3, 0.4) is 0 Å². The Balaban J connectivity index is 2.24. The average molecular weight is 465 g/mol. The molecule has 0 aliphatic rings. The van der Waals surface area contributed by atoms with E-state index < -0.39 is 6.04 Å². The summed E-state index contributed by atoms with van der Waals surface area (Å²) in [6.07, 6.45) is 0.790. The Hall–Kier alpha value is -2.24. The van der Waals surface area contributed by atoms with Gasteiger partial charge in [0.15, 0.2) is 6.61 Å². The normalized spacial score (nSPS) is 12.7. The number of rotatable bonds is 9. The molecule has 0 heterocycles. The van der Waals surface area contributed by atoms with E-state index in [9.17, 15) is 9.59 Å². The predicted octanol–water partition coefficient (Wildman–Crippen LogP) is 5.32. The molecule has 0 unspecified atom stereocenters. The minimum absolute atomic E-state index is 0.00215. The molecule has 0 saturated carbocycles. The summed E-state index contributed by atoms with van der Waals surface area (Å²) in [6, 6.07) is 10.2. The molecule has 1 N–H and O–H groups in total. The van der Waals surface area contributed by atoms with Gasteiger partial charge in [0.25, 0.3) is 5.91 Å². The van der Waals surface area contributed by atoms with Gasteiger partial charge in [0.1, 0.15) is 11.8 Å². The highest BCUT2D eigenvalue weighted by atomic mass is 35.5. The molecular weight excluding hydrogens is 435 g/mol. The number of hydrogen-bond donors (Lipinski definition) is 1. The molecule has 0 aliphatic carbocycles. The van der Waals surface area contributed by atoms with Gasteiger partial charge in [0.2, 0.25) is 5.91 Å². The zero-order valence-corrected chi connectivity index (χ0v) is 20.2. The van der Waals surface area contributed by atoms with Crippen molar-refractivity contribution in [2.24, 2.45) is 0 Å². The first-order chi connectivity index (χ1) is 14.6. The maximum Gasteiger partial charge on any atom is 0.261 e. The van der Waals surface area contributed by atoms with E-state index >= 15 is 0 Å². The first-order valence-corrected chi connectivity index (χ1v) is 11.1. The molecule has 2 aromatic carbocycles. The summed E-state index contributed by atoms with van der Waals surface area (Å²) in [4.78, 5) is 27.4. The number of benzene rings is 2. The number of nitrogens with zero attached hydrogens (tertiary/aromatic N) is 1. The van der Waals surface area contributed by atoms with Crippen LogP contribution in [0.1, 0.15) is 43.9 Å². The van der Waals surface area contributed by atoms with Gasteiger partial charge in [-0.15, -0.1) is 0 Å². The van der Waals surface area contributed by atoms with Crippen molar-refractivity contribution in [1.29, 1.82) is 0 Å². The van der Waals surface area contributed by atoms with Crippen molar-refractivity contribution in [2.75, 3.05) is 6.61 Å². The molecule has 0 saturated heterocycles. The SMILES string of the molecule is CC[C@H](C)NC(=O)[C@@H](C)N(Cc1c(Cl)cccc1Cl)C(=O)COc1cc(C)cc(C)c1. The fourth-order valence-corrected chi connectivity index (χ4v) is 3.66. The predicted molar refractivity (Wildman–Crippen MR) is 126 cm³/mol. The molecule has 5 nitrogen and oxygen atoms in total. The Morgan fingerprint density at radius 2 is 1.65 bits per heavy atom. The molecule has 2 aromatic rings. The molecule has 2 atom stereocenters. The van der Waals surface area contributed by atoms with Crippen LogP contribution in [0, 0.1) is 13.8 Å². The Morgan fingerprint density at radius 1 is 1.06 bits per heavy atom. The van der Waals surface area contributed by atoms with Crippen LogP contribution in [0.25, 0.3) is 0 Å². The quantitative estimate of drug-likeness (QED) is 0.545. The molecule has 168 valence electrons. The monoisotopic (exact) mass is 464 g/mol. The molecule has 0 bridgehead atoms. The van der Waals surface area contributed by atoms with Crippen LogP contribution in [-0.2, 0) is 16.1 Å². The number of nitrogens with one attached hydrogen (secondary N) is 1. The maximum atomic E-state index is 13.1. The molecule has 0 radical (unpaired) electrons. The highest BCUT2D eigenvalue weighted by Crippen LogP contribution is 2.27. The van der Waals surface area contributed by atoms with Crippen molar-refractivity contribution in [3.05, 3.63) is 63.1 Å². The van der Waals surface area contributed by atoms with Crippen molar-refractivity contribution in [1.82, 2.24) is 10.2 Å². The number of aryl methyl sites for hydroxylation is 2. The lowest BCUT2D eigenvalue weighted by atomic mass is 10.1. The molecule has 0 aliphatic heterocycles. The molecule has 0 aromatic heterocycles. The Labute approximate surface area is 194 Å². The van der Waals surface area contributed by atoms with E-state index in [0.29, 0.717) is 21.4 Å². The summed E-state index contributed by atoms with van der Waals surface area (Å²) in [5, 5.41) is 3.81. The number of halogens is 2. The van der Waals surface area contributed by atoms with Crippen LogP contribution in [0.4, 0.5) is 0 Å². The first kappa shape index (κ1) is 25.0. The second kappa shape index (κ2) is 11.4. The van der Waals surface area contributed by atoms with Crippen molar-refractivity contribution >= 4 is 35.0 Å². The third-order valence-electron chi connectivity index (χ3n) is 5.12. The van der Waals surface area contributed by atoms with E-state index in [1.807, 2.05) is 45.9 Å². The lowest BCUT2D eigenvalue weighted by Gasteiger charge is -2.30. The van der Waals surface area contributed by atoms with Crippen LogP contribution in [-0.4, -0.2) is 35.4 Å². The van der Waals surface area contributed by atoms with Gasteiger partial charge in [0.05, 0.1) is 0 Å². The van der Waals surface area contributed by atoms with E-state index in [4.69, 9.17) is 27.9 Å². The molecule has 0 fully saturated rings. The molecule has 2 rings (SSSR count). The fourth-order valence-electron chi connectivity index (χ4n) is 3.15. The van der Waals surface area contributed by atoms with Crippen molar-refractivity contribution < 1.29 is 14.3 Å². The fraction of sp³-hybridized carbons (Fsp3) is 0.417. The van der Waals surface area contributed by atoms with Crippen LogP contribution in [0.5, 0.6) is 5.75 Å². The second-order valence-electron chi connectivity index (χ2n) is 7.83. The van der Waals surface area contributed by atoms with Crippen LogP contribution in [0.15, 0.2) is 36.4 Å². The van der Waals surface area contributed by atoms with Crippen LogP contribution < -0.4 is 10.1 Å². The van der Waals surface area contributed by atoms with Crippen molar-refractivity contribution in [3.8, 4) is 5.75 Å². The van der Waals surface area contributed by atoms with E-state index in [-0.39, 0.29) is 31.0 Å². The number of carbonyl (C=O) groups is 2. The summed E-state index contributed by atoms with van der Waals surface area (Å²) < 4.78 is 5.75. The van der Waals surface area contributed by atoms with Gasteiger partial charge in [-0.05, 0) is 69.5 Å². The van der Waals surface area contributed by atoms with Crippen LogP contribution >= 0.6 is 23.2 Å². The summed E-state index contributed by atoms with van der Waals surface area (Å²) in [6.45, 7) is 9.43. The number of hydrogen-bond acceptors (Lipinski definition) is 3. The molecular formula is C24H30Cl2N2O3. The Bertz CT molecular complexity index is 893. The lowest BCUT2D eigenvalue weighted by molar-refractivity contribution is -0.142. The third kappa shape index (κ3) is 7.15. The minimum Gasteiger partial charge on any atom is -0.484 e. The number of carbonyl (C=O) groups excluding carboxylic acids is 2. The largest absolute Gasteiger partial charge is 0.484 e. The van der Waals surface area contributed by atoms with Gasteiger partial charge in [-0.1, -0.05) is 42.3 Å². The summed E-state index contributed by atoms with van der Waals surface area (Å²) in [7, 11) is 0. The summed E-state index contributed by atoms with van der Waals surface area (Å²) in [5.74, 6) is 0.0394. The van der Waals surface area contributed by atoms with Gasteiger partial charge < -0.3 is 15.0 Å². The first-order valence-electron chi connectivity index (χ1n) is 10.4. The lowest BCUT2D eigenvalue weighted by Crippen LogP contribution is -2.50. The molecule has 31 heavy (non-hydrogen) atoms. The second-order valence-corrected chi connectivity index (χ2v) is 8.64. The highest BCUT2D eigenvalue weighted by Gasteiger charge is 2.28. The van der Waals surface area contributed by atoms with Crippen molar-refractivity contribution in [2.45, 2.75) is 59.7 Å². The molecule has 7 heteroatoms. The van der Waals surface area contributed by atoms with Gasteiger partial charge in [-0.3, -0.25) is 9.59 Å². The zero-order valence-electron chi connectivity index (χ0n) is 18.7. The maximum absolute atomic E-state index is 13.1. The summed E-state index contributed by atoms with van der Waals surface area (Å²) >= 11 is 12.6. The van der Waals surface area contributed by atoms with Gasteiger partial charge >= 0.3 is 0 Å². The number of amides is 2. The minimum atomic E-state index is -0.725. The van der Waals surface area contributed by atoms with E-state index in [1.165, 1.54) is 4.90 Å². The van der Waals surface area contributed by atoms with E-state index in [2.05, 4.69) is 5.32 Å². The highest BCUT2D eigenvalue weighted by molar-refractivity contribution is 6.36. The molecule has 0 spiro atoms. The third-order valence-corrected chi connectivity index (χ3v) is 5.82. The van der Waals surface area contributed by atoms with Gasteiger partial charge in [-0.2, -0.15) is 0 Å². The Morgan fingerprint density at radius 3 is 2.19 bits per heavy atom. The van der Waals surface area contributed by atoms with Crippen LogP contribution in [0.2, 0.25) is 10.0 Å². The van der Waals surface area contributed by atoms with Crippen molar-refractivity contribution in [3.63, 3.8) is 0 Å². The van der Waals surface area contributed by atoms with Gasteiger partial charge in [0, 0.05) is 28.2 Å². The molecule has 2 amide bonds. The van der Waals surface area contributed by atoms with E-state index in [0.717, 1.165) is 17.5 Å². The zero-order chi connectivity index (χ0) is 23.1. The number of ether oxygens (including phenoxy) is 1.